The molecule has 1 aromatic rings. The summed E-state index contributed by atoms with van der Waals surface area (Å²) in [4.78, 5) is 0. The zero-order chi connectivity index (χ0) is 12.7. The Balaban J connectivity index is 2.80. The lowest BCUT2D eigenvalue weighted by Gasteiger charge is -2.18. The molecule has 1 heterocycles. The van der Waals surface area contributed by atoms with Crippen LogP contribution in [0.2, 0.25) is 5.02 Å². The average molecular weight is 261 g/mol. The molecule has 0 saturated carbocycles. The third-order valence-corrected chi connectivity index (χ3v) is 3.01. The summed E-state index contributed by atoms with van der Waals surface area (Å²) in [5, 5.41) is 4.89. The van der Waals surface area contributed by atoms with Crippen LogP contribution in [0.5, 0.6) is 0 Å². The fraction of sp³-hybridized carbons (Fsp3) is 0.727. The standard InChI is InChI=1S/C11H21ClN4O/c1-3-4-5-10(15-13)11-9(12)8-14-16(11)6-7-17-2/h8,10,15H,3-7,13H2,1-2H3. The number of nitrogens with zero attached hydrogens (tertiary/aromatic N) is 2. The van der Waals surface area contributed by atoms with Crippen molar-refractivity contribution in [3.63, 3.8) is 0 Å². The van der Waals surface area contributed by atoms with Gasteiger partial charge in [0.25, 0.3) is 0 Å². The summed E-state index contributed by atoms with van der Waals surface area (Å²) < 4.78 is 6.90. The van der Waals surface area contributed by atoms with Crippen LogP contribution in [0.25, 0.3) is 0 Å². The highest BCUT2D eigenvalue weighted by atomic mass is 35.5. The van der Waals surface area contributed by atoms with E-state index < -0.39 is 0 Å². The van der Waals surface area contributed by atoms with E-state index in [4.69, 9.17) is 22.2 Å². The van der Waals surface area contributed by atoms with Crippen LogP contribution in [-0.2, 0) is 11.3 Å². The van der Waals surface area contributed by atoms with Crippen molar-refractivity contribution in [2.45, 2.75) is 38.8 Å². The molecule has 0 spiro atoms. The van der Waals surface area contributed by atoms with Gasteiger partial charge in [-0.25, -0.2) is 0 Å². The van der Waals surface area contributed by atoms with Gasteiger partial charge in [-0.1, -0.05) is 31.4 Å². The number of halogens is 1. The van der Waals surface area contributed by atoms with E-state index in [0.717, 1.165) is 25.0 Å². The van der Waals surface area contributed by atoms with Crippen LogP contribution >= 0.6 is 11.6 Å². The summed E-state index contributed by atoms with van der Waals surface area (Å²) in [6.45, 7) is 3.44. The van der Waals surface area contributed by atoms with Crippen molar-refractivity contribution in [1.82, 2.24) is 15.2 Å². The molecule has 0 aliphatic carbocycles. The lowest BCUT2D eigenvalue weighted by atomic mass is 10.1. The van der Waals surface area contributed by atoms with Gasteiger partial charge in [-0.2, -0.15) is 5.10 Å². The first-order chi connectivity index (χ1) is 8.24. The Labute approximate surface area is 107 Å². The van der Waals surface area contributed by atoms with Gasteiger partial charge >= 0.3 is 0 Å². The second-order valence-corrected chi connectivity index (χ2v) is 4.36. The topological polar surface area (TPSA) is 65.1 Å². The second-order valence-electron chi connectivity index (χ2n) is 3.96. The predicted octanol–water partition coefficient (Wildman–Crippen LogP) is 1.88. The Morgan fingerprint density at radius 2 is 2.41 bits per heavy atom. The van der Waals surface area contributed by atoms with Crippen molar-refractivity contribution < 1.29 is 4.74 Å². The van der Waals surface area contributed by atoms with Crippen LogP contribution in [0.3, 0.4) is 0 Å². The first-order valence-electron chi connectivity index (χ1n) is 5.90. The quantitative estimate of drug-likeness (QED) is 0.553. The minimum absolute atomic E-state index is 0.0433. The van der Waals surface area contributed by atoms with Crippen molar-refractivity contribution in [3.8, 4) is 0 Å². The van der Waals surface area contributed by atoms with Crippen LogP contribution < -0.4 is 11.3 Å². The molecule has 0 bridgehead atoms. The van der Waals surface area contributed by atoms with Gasteiger partial charge in [0, 0.05) is 7.11 Å². The normalized spacial score (nSPS) is 12.9. The minimum Gasteiger partial charge on any atom is -0.383 e. The number of rotatable bonds is 8. The molecule has 3 N–H and O–H groups in total. The molecular formula is C11H21ClN4O. The SMILES string of the molecule is CCCCC(NN)c1c(Cl)cnn1CCOC. The molecule has 0 amide bonds. The molecule has 0 aliphatic heterocycles. The fourth-order valence-electron chi connectivity index (χ4n) is 1.78. The molecular weight excluding hydrogens is 240 g/mol. The zero-order valence-corrected chi connectivity index (χ0v) is 11.2. The van der Waals surface area contributed by atoms with Crippen molar-refractivity contribution in [2.75, 3.05) is 13.7 Å². The van der Waals surface area contributed by atoms with E-state index in [1.165, 1.54) is 0 Å². The largest absolute Gasteiger partial charge is 0.383 e. The number of hydrogen-bond acceptors (Lipinski definition) is 4. The molecule has 0 fully saturated rings. The number of hydrazine groups is 1. The molecule has 0 aromatic carbocycles. The highest BCUT2D eigenvalue weighted by molar-refractivity contribution is 6.31. The Bertz CT molecular complexity index is 329. The summed E-state index contributed by atoms with van der Waals surface area (Å²) in [5.41, 5.74) is 3.75. The van der Waals surface area contributed by atoms with Gasteiger partial charge in [-0.3, -0.25) is 16.0 Å². The number of methoxy groups -OCH3 is 1. The second kappa shape index (κ2) is 7.66. The maximum atomic E-state index is 6.16. The molecule has 1 rings (SSSR count). The van der Waals surface area contributed by atoms with Crippen LogP contribution in [0.4, 0.5) is 0 Å². The van der Waals surface area contributed by atoms with E-state index in [1.54, 1.807) is 13.3 Å². The predicted molar refractivity (Wildman–Crippen MR) is 68.7 cm³/mol. The highest BCUT2D eigenvalue weighted by Crippen LogP contribution is 2.25. The molecule has 0 saturated heterocycles. The van der Waals surface area contributed by atoms with E-state index >= 15 is 0 Å². The average Bonchev–Trinajstić information content (AvgIpc) is 2.70. The molecule has 0 radical (unpaired) electrons. The smallest absolute Gasteiger partial charge is 0.0834 e. The van der Waals surface area contributed by atoms with Crippen LogP contribution in [-0.4, -0.2) is 23.5 Å². The lowest BCUT2D eigenvalue weighted by Crippen LogP contribution is -2.30. The molecule has 17 heavy (non-hydrogen) atoms. The van der Waals surface area contributed by atoms with Crippen LogP contribution in [0, 0.1) is 0 Å². The molecule has 1 aromatic heterocycles. The van der Waals surface area contributed by atoms with Gasteiger partial charge in [0.15, 0.2) is 0 Å². The molecule has 98 valence electrons. The summed E-state index contributed by atoms with van der Waals surface area (Å²) in [5.74, 6) is 5.59. The van der Waals surface area contributed by atoms with E-state index in [9.17, 15) is 0 Å². The van der Waals surface area contributed by atoms with Gasteiger partial charge < -0.3 is 4.74 Å². The first-order valence-corrected chi connectivity index (χ1v) is 6.28. The third-order valence-electron chi connectivity index (χ3n) is 2.72. The van der Waals surface area contributed by atoms with Crippen molar-refractivity contribution in [1.29, 1.82) is 0 Å². The van der Waals surface area contributed by atoms with E-state index in [1.807, 2.05) is 4.68 Å². The van der Waals surface area contributed by atoms with Crippen molar-refractivity contribution >= 4 is 11.6 Å². The summed E-state index contributed by atoms with van der Waals surface area (Å²) in [6.07, 6.45) is 4.83. The number of unbranched alkanes of at least 4 members (excludes halogenated alkanes) is 1. The molecule has 5 nitrogen and oxygen atoms in total. The summed E-state index contributed by atoms with van der Waals surface area (Å²) in [7, 11) is 1.67. The Morgan fingerprint density at radius 1 is 1.65 bits per heavy atom. The van der Waals surface area contributed by atoms with Crippen LogP contribution in [0.1, 0.15) is 37.9 Å². The molecule has 1 atom stereocenters. The number of ether oxygens (including phenoxy) is 1. The molecule has 0 aliphatic rings. The Hall–Kier alpha value is -0.620. The molecule has 6 heteroatoms. The van der Waals surface area contributed by atoms with Crippen molar-refractivity contribution in [3.05, 3.63) is 16.9 Å². The van der Waals surface area contributed by atoms with Gasteiger partial charge in [0.05, 0.1) is 36.1 Å². The summed E-state index contributed by atoms with van der Waals surface area (Å²) in [6, 6.07) is 0.0433. The Morgan fingerprint density at radius 3 is 3.00 bits per heavy atom. The summed E-state index contributed by atoms with van der Waals surface area (Å²) >= 11 is 6.16. The van der Waals surface area contributed by atoms with E-state index in [2.05, 4.69) is 17.4 Å². The number of nitrogens with one attached hydrogen (secondary N) is 1. The molecule has 1 unspecified atom stereocenters. The zero-order valence-electron chi connectivity index (χ0n) is 10.4. The Kier molecular flexibility index (Phi) is 6.50. The number of aromatic nitrogens is 2. The minimum atomic E-state index is 0.0433. The van der Waals surface area contributed by atoms with Crippen molar-refractivity contribution in [2.24, 2.45) is 5.84 Å². The third kappa shape index (κ3) is 3.96. The number of hydrogen-bond donors (Lipinski definition) is 2. The van der Waals surface area contributed by atoms with Gasteiger partial charge in [-0.05, 0) is 6.42 Å². The van der Waals surface area contributed by atoms with Gasteiger partial charge in [0.1, 0.15) is 0 Å². The van der Waals surface area contributed by atoms with E-state index in [-0.39, 0.29) is 6.04 Å². The fourth-order valence-corrected chi connectivity index (χ4v) is 2.05. The van der Waals surface area contributed by atoms with E-state index in [0.29, 0.717) is 18.2 Å². The number of nitrogens with two attached hydrogens (primary N) is 1. The maximum Gasteiger partial charge on any atom is 0.0834 e. The van der Waals surface area contributed by atoms with Gasteiger partial charge in [-0.15, -0.1) is 0 Å². The first kappa shape index (κ1) is 14.4. The maximum absolute atomic E-state index is 6.16. The monoisotopic (exact) mass is 260 g/mol. The van der Waals surface area contributed by atoms with Gasteiger partial charge in [0.2, 0.25) is 0 Å². The highest BCUT2D eigenvalue weighted by Gasteiger charge is 2.18. The van der Waals surface area contributed by atoms with Crippen LogP contribution in [0.15, 0.2) is 6.20 Å². The lowest BCUT2D eigenvalue weighted by molar-refractivity contribution is 0.181.